The SMILES string of the molecule is BrC12CC3CC(C1)CC(Br)(C3)C2.C1C2CC3CC1CC(C2)C3. The molecule has 0 aromatic rings. The first kappa shape index (κ1) is 15.2. The molecule has 8 bridgehead atoms. The predicted octanol–water partition coefficient (Wildman–Crippen LogP) is 6.70. The average molecular weight is 430 g/mol. The minimum atomic E-state index is 0.528. The van der Waals surface area contributed by atoms with Crippen LogP contribution < -0.4 is 0 Å². The molecular weight excluding hydrogens is 400 g/mol. The van der Waals surface area contributed by atoms with Gasteiger partial charge in [-0.25, -0.2) is 0 Å². The Hall–Kier alpha value is 0.960. The fourth-order valence-electron chi connectivity index (χ4n) is 8.02. The molecule has 2 heteroatoms. The lowest BCUT2D eigenvalue weighted by atomic mass is 9.56. The van der Waals surface area contributed by atoms with Crippen molar-refractivity contribution >= 4 is 31.9 Å². The molecule has 0 aromatic heterocycles. The van der Waals surface area contributed by atoms with Crippen LogP contribution in [-0.2, 0) is 0 Å². The second-order valence-corrected chi connectivity index (χ2v) is 13.5. The smallest absolute Gasteiger partial charge is 0.0276 e. The van der Waals surface area contributed by atoms with Crippen molar-refractivity contribution in [3.63, 3.8) is 0 Å². The Morgan fingerprint density at radius 1 is 0.455 bits per heavy atom. The summed E-state index contributed by atoms with van der Waals surface area (Å²) < 4.78 is 1.06. The molecule has 8 rings (SSSR count). The standard InChI is InChI=1S/C10H14Br2.C10H16/c11-9-2-7-1-8(4-9)5-10(12,3-7)6-9;1-7-2-9-4-8(1)5-10(3-7)6-9/h7-8H,1-6H2;7-10H,1-6H2. The molecule has 0 heterocycles. The molecule has 0 aromatic carbocycles. The van der Waals surface area contributed by atoms with E-state index in [4.69, 9.17) is 0 Å². The van der Waals surface area contributed by atoms with Gasteiger partial charge in [-0.1, -0.05) is 31.9 Å². The third-order valence-electron chi connectivity index (χ3n) is 7.92. The van der Waals surface area contributed by atoms with Gasteiger partial charge in [-0.2, -0.15) is 0 Å². The maximum atomic E-state index is 3.96. The van der Waals surface area contributed by atoms with E-state index in [1.165, 1.54) is 62.2 Å². The fourth-order valence-corrected chi connectivity index (χ4v) is 11.3. The van der Waals surface area contributed by atoms with Crippen LogP contribution >= 0.6 is 31.9 Å². The highest BCUT2D eigenvalue weighted by atomic mass is 79.9. The molecule has 0 amide bonds. The number of halogens is 2. The third kappa shape index (κ3) is 2.76. The van der Waals surface area contributed by atoms with Crippen LogP contribution in [0.25, 0.3) is 0 Å². The Balaban J connectivity index is 0.000000104. The minimum Gasteiger partial charge on any atom is -0.0853 e. The first-order valence-corrected chi connectivity index (χ1v) is 11.4. The predicted molar refractivity (Wildman–Crippen MR) is 99.7 cm³/mol. The number of hydrogen-bond acceptors (Lipinski definition) is 0. The van der Waals surface area contributed by atoms with E-state index in [0.29, 0.717) is 8.65 Å². The quantitative estimate of drug-likeness (QED) is 0.375. The van der Waals surface area contributed by atoms with Crippen LogP contribution in [0, 0.1) is 35.5 Å². The van der Waals surface area contributed by atoms with Crippen LogP contribution in [0.15, 0.2) is 0 Å². The van der Waals surface area contributed by atoms with E-state index in [1.54, 1.807) is 38.5 Å². The molecule has 0 spiro atoms. The van der Waals surface area contributed by atoms with Crippen LogP contribution in [0.1, 0.15) is 77.0 Å². The van der Waals surface area contributed by atoms with Crippen molar-refractivity contribution < 1.29 is 0 Å². The summed E-state index contributed by atoms with van der Waals surface area (Å²) in [5.41, 5.74) is 0. The second kappa shape index (κ2) is 5.23. The van der Waals surface area contributed by atoms with Gasteiger partial charge in [0.15, 0.2) is 0 Å². The van der Waals surface area contributed by atoms with Crippen molar-refractivity contribution in [1.29, 1.82) is 0 Å². The summed E-state index contributed by atoms with van der Waals surface area (Å²) in [6.45, 7) is 0. The van der Waals surface area contributed by atoms with Crippen LogP contribution in [0.4, 0.5) is 0 Å². The first-order chi connectivity index (χ1) is 10.5. The Bertz CT molecular complexity index is 366. The van der Waals surface area contributed by atoms with Gasteiger partial charge in [0.2, 0.25) is 0 Å². The van der Waals surface area contributed by atoms with Crippen LogP contribution in [-0.4, -0.2) is 8.65 Å². The van der Waals surface area contributed by atoms with Crippen molar-refractivity contribution in [2.75, 3.05) is 0 Å². The highest BCUT2D eigenvalue weighted by molar-refractivity contribution is 9.10. The number of hydrogen-bond donors (Lipinski definition) is 0. The van der Waals surface area contributed by atoms with Gasteiger partial charge >= 0.3 is 0 Å². The first-order valence-electron chi connectivity index (χ1n) is 9.85. The zero-order valence-corrected chi connectivity index (χ0v) is 16.9. The maximum absolute atomic E-state index is 3.96. The molecule has 0 radical (unpaired) electrons. The van der Waals surface area contributed by atoms with Gasteiger partial charge in [0.1, 0.15) is 0 Å². The highest BCUT2D eigenvalue weighted by Crippen LogP contribution is 2.63. The van der Waals surface area contributed by atoms with Crippen molar-refractivity contribution in [2.24, 2.45) is 35.5 Å². The van der Waals surface area contributed by atoms with Gasteiger partial charge < -0.3 is 0 Å². The molecule has 8 fully saturated rings. The van der Waals surface area contributed by atoms with E-state index in [-0.39, 0.29) is 0 Å². The largest absolute Gasteiger partial charge is 0.0853 e. The van der Waals surface area contributed by atoms with Crippen LogP contribution in [0.5, 0.6) is 0 Å². The van der Waals surface area contributed by atoms with Gasteiger partial charge in [-0.15, -0.1) is 0 Å². The molecular formula is C20H30Br2. The van der Waals surface area contributed by atoms with E-state index in [1.807, 2.05) is 0 Å². The summed E-state index contributed by atoms with van der Waals surface area (Å²) >= 11 is 7.92. The molecule has 22 heavy (non-hydrogen) atoms. The molecule has 124 valence electrons. The third-order valence-corrected chi connectivity index (χ3v) is 9.77. The zero-order chi connectivity index (χ0) is 14.9. The monoisotopic (exact) mass is 428 g/mol. The van der Waals surface area contributed by atoms with E-state index in [9.17, 15) is 0 Å². The summed E-state index contributed by atoms with van der Waals surface area (Å²) in [6.07, 6.45) is 18.3. The molecule has 0 atom stereocenters. The number of rotatable bonds is 0. The van der Waals surface area contributed by atoms with Crippen LogP contribution in [0.2, 0.25) is 0 Å². The van der Waals surface area contributed by atoms with Gasteiger partial charge in [-0.05, 0) is 113 Å². The molecule has 0 aliphatic heterocycles. The molecule has 8 saturated carbocycles. The summed E-state index contributed by atoms with van der Waals surface area (Å²) in [5.74, 6) is 6.75. The lowest BCUT2D eigenvalue weighted by Gasteiger charge is -2.58. The summed E-state index contributed by atoms with van der Waals surface area (Å²) in [5, 5.41) is 0. The maximum Gasteiger partial charge on any atom is 0.0276 e. The zero-order valence-electron chi connectivity index (χ0n) is 13.7. The highest BCUT2D eigenvalue weighted by Gasteiger charge is 2.55. The molecule has 0 saturated heterocycles. The van der Waals surface area contributed by atoms with Gasteiger partial charge in [0.05, 0.1) is 0 Å². The van der Waals surface area contributed by atoms with Crippen LogP contribution in [0.3, 0.4) is 0 Å². The summed E-state index contributed by atoms with van der Waals surface area (Å²) in [7, 11) is 0. The molecule has 0 unspecified atom stereocenters. The topological polar surface area (TPSA) is 0 Å². The minimum absolute atomic E-state index is 0.528. The van der Waals surface area contributed by atoms with E-state index in [0.717, 1.165) is 11.8 Å². The van der Waals surface area contributed by atoms with E-state index >= 15 is 0 Å². The number of alkyl halides is 2. The Labute approximate surface area is 152 Å². The van der Waals surface area contributed by atoms with Gasteiger partial charge in [-0.3, -0.25) is 0 Å². The average Bonchev–Trinajstić information content (AvgIpc) is 2.32. The molecule has 8 aliphatic rings. The lowest BCUT2D eigenvalue weighted by Crippen LogP contribution is -2.53. The van der Waals surface area contributed by atoms with Crippen molar-refractivity contribution in [3.8, 4) is 0 Å². The van der Waals surface area contributed by atoms with E-state index < -0.39 is 0 Å². The summed E-state index contributed by atoms with van der Waals surface area (Å²) in [4.78, 5) is 0. The van der Waals surface area contributed by atoms with Crippen molar-refractivity contribution in [2.45, 2.75) is 85.7 Å². The Morgan fingerprint density at radius 3 is 1.00 bits per heavy atom. The molecule has 0 nitrogen and oxygen atoms in total. The second-order valence-electron chi connectivity index (χ2n) is 10.1. The Morgan fingerprint density at radius 2 is 0.727 bits per heavy atom. The van der Waals surface area contributed by atoms with E-state index in [2.05, 4.69) is 31.9 Å². The van der Waals surface area contributed by atoms with Gasteiger partial charge in [0, 0.05) is 8.65 Å². The lowest BCUT2D eigenvalue weighted by molar-refractivity contribution is 0.0198. The van der Waals surface area contributed by atoms with Crippen molar-refractivity contribution in [3.05, 3.63) is 0 Å². The van der Waals surface area contributed by atoms with Gasteiger partial charge in [0.25, 0.3) is 0 Å². The normalized spacial score (nSPS) is 60.3. The molecule has 0 N–H and O–H groups in total. The fraction of sp³-hybridized carbons (Fsp3) is 1.00. The van der Waals surface area contributed by atoms with Crippen molar-refractivity contribution in [1.82, 2.24) is 0 Å². The Kier molecular flexibility index (Phi) is 3.62. The molecule has 8 aliphatic carbocycles. The summed E-state index contributed by atoms with van der Waals surface area (Å²) in [6, 6.07) is 0.